The summed E-state index contributed by atoms with van der Waals surface area (Å²) in [5, 5.41) is 12.5. The van der Waals surface area contributed by atoms with Crippen molar-refractivity contribution in [1.29, 1.82) is 5.26 Å². The second-order valence-electron chi connectivity index (χ2n) is 9.97. The molecule has 216 valence electrons. The number of pyridine rings is 1. The number of para-hydroxylation sites is 2. The van der Waals surface area contributed by atoms with Crippen LogP contribution in [0, 0.1) is 11.3 Å². The summed E-state index contributed by atoms with van der Waals surface area (Å²) in [6.45, 7) is 5.62. The van der Waals surface area contributed by atoms with Gasteiger partial charge in [-0.15, -0.1) is 0 Å². The third-order valence-electron chi connectivity index (χ3n) is 7.14. The molecule has 0 saturated carbocycles. The Balaban J connectivity index is 1.45. The van der Waals surface area contributed by atoms with Crippen LogP contribution in [0.1, 0.15) is 31.0 Å². The quantitative estimate of drug-likeness (QED) is 0.332. The molecule has 2 heterocycles. The molecule has 1 aliphatic rings. The van der Waals surface area contributed by atoms with Gasteiger partial charge in [-0.25, -0.2) is 9.59 Å². The maximum atomic E-state index is 13.5. The number of aromatic nitrogens is 1. The first kappa shape index (κ1) is 30.0. The van der Waals surface area contributed by atoms with Gasteiger partial charge in [-0.1, -0.05) is 36.4 Å². The minimum absolute atomic E-state index is 0.150. The molecule has 9 heteroatoms. The third kappa shape index (κ3) is 7.03. The Bertz CT molecular complexity index is 1470. The molecule has 0 amide bonds. The number of likely N-dealkylation sites (N-methyl/N-ethyl adjacent to an activating group) is 1. The van der Waals surface area contributed by atoms with E-state index in [1.165, 1.54) is 13.3 Å². The summed E-state index contributed by atoms with van der Waals surface area (Å²) in [5.74, 6) is -2.00. The normalized spacial score (nSPS) is 14.7. The Hall–Kier alpha value is -4.94. The molecule has 0 spiro atoms. The molecule has 4 rings (SSSR count). The van der Waals surface area contributed by atoms with Crippen molar-refractivity contribution in [3.05, 3.63) is 113 Å². The SMILES string of the molecule is COC(=O)C1=C(C)NC(C)=C(C(=O)OCCN(C)CCN(c2ccccc2)c2ccccc2)C1c1cc(C#N)ccn1. The largest absolute Gasteiger partial charge is 0.466 e. The molecule has 0 bridgehead atoms. The molecule has 0 fully saturated rings. The number of nitriles is 1. The highest BCUT2D eigenvalue weighted by Crippen LogP contribution is 2.38. The van der Waals surface area contributed by atoms with Crippen molar-refractivity contribution in [2.24, 2.45) is 0 Å². The Morgan fingerprint density at radius 3 is 2.07 bits per heavy atom. The van der Waals surface area contributed by atoms with E-state index in [9.17, 15) is 14.9 Å². The van der Waals surface area contributed by atoms with Crippen LogP contribution in [-0.4, -0.2) is 62.2 Å². The van der Waals surface area contributed by atoms with Gasteiger partial charge in [0.15, 0.2) is 0 Å². The van der Waals surface area contributed by atoms with Crippen LogP contribution in [0.25, 0.3) is 0 Å². The van der Waals surface area contributed by atoms with Crippen molar-refractivity contribution in [2.75, 3.05) is 45.3 Å². The van der Waals surface area contributed by atoms with E-state index in [4.69, 9.17) is 9.47 Å². The van der Waals surface area contributed by atoms with Gasteiger partial charge in [0, 0.05) is 48.6 Å². The van der Waals surface area contributed by atoms with Gasteiger partial charge in [0.1, 0.15) is 6.61 Å². The van der Waals surface area contributed by atoms with Crippen LogP contribution in [0.4, 0.5) is 11.4 Å². The molecule has 1 aliphatic heterocycles. The van der Waals surface area contributed by atoms with E-state index in [0.29, 0.717) is 29.2 Å². The Morgan fingerprint density at radius 1 is 0.905 bits per heavy atom. The molecule has 42 heavy (non-hydrogen) atoms. The van der Waals surface area contributed by atoms with Gasteiger partial charge in [0.05, 0.1) is 41.5 Å². The zero-order valence-electron chi connectivity index (χ0n) is 24.3. The number of nitrogens with one attached hydrogen (secondary N) is 1. The fraction of sp³-hybridized carbons (Fsp3) is 0.273. The van der Waals surface area contributed by atoms with Gasteiger partial charge in [-0.2, -0.15) is 5.26 Å². The number of nitrogens with zero attached hydrogens (tertiary/aromatic N) is 4. The monoisotopic (exact) mass is 565 g/mol. The summed E-state index contributed by atoms with van der Waals surface area (Å²) in [5.41, 5.74) is 4.55. The fourth-order valence-electron chi connectivity index (χ4n) is 4.99. The van der Waals surface area contributed by atoms with E-state index in [0.717, 1.165) is 24.5 Å². The van der Waals surface area contributed by atoms with Crippen LogP contribution in [0.15, 0.2) is 102 Å². The summed E-state index contributed by atoms with van der Waals surface area (Å²) in [7, 11) is 3.27. The first-order chi connectivity index (χ1) is 20.3. The summed E-state index contributed by atoms with van der Waals surface area (Å²) in [6, 6.07) is 25.6. The minimum Gasteiger partial charge on any atom is -0.466 e. The summed E-state index contributed by atoms with van der Waals surface area (Å²) in [4.78, 5) is 35.1. The second kappa shape index (κ2) is 14.1. The maximum Gasteiger partial charge on any atom is 0.336 e. The van der Waals surface area contributed by atoms with Crippen molar-refractivity contribution in [2.45, 2.75) is 19.8 Å². The lowest BCUT2D eigenvalue weighted by molar-refractivity contribution is -0.139. The fourth-order valence-corrected chi connectivity index (χ4v) is 4.99. The zero-order valence-corrected chi connectivity index (χ0v) is 24.3. The number of hydrogen-bond acceptors (Lipinski definition) is 9. The molecule has 0 radical (unpaired) electrons. The molecule has 0 aliphatic carbocycles. The van der Waals surface area contributed by atoms with Crippen molar-refractivity contribution < 1.29 is 19.1 Å². The maximum absolute atomic E-state index is 13.5. The lowest BCUT2D eigenvalue weighted by Crippen LogP contribution is -2.35. The Labute approximate surface area is 246 Å². The topological polar surface area (TPSA) is 108 Å². The van der Waals surface area contributed by atoms with Crippen molar-refractivity contribution in [1.82, 2.24) is 15.2 Å². The highest BCUT2D eigenvalue weighted by Gasteiger charge is 2.38. The van der Waals surface area contributed by atoms with Crippen molar-refractivity contribution in [3.8, 4) is 6.07 Å². The summed E-state index contributed by atoms with van der Waals surface area (Å²) < 4.78 is 10.8. The first-order valence-electron chi connectivity index (χ1n) is 13.7. The predicted octanol–water partition coefficient (Wildman–Crippen LogP) is 4.67. The molecular weight excluding hydrogens is 530 g/mol. The van der Waals surface area contributed by atoms with E-state index in [1.54, 1.807) is 26.0 Å². The summed E-state index contributed by atoms with van der Waals surface area (Å²) in [6.07, 6.45) is 1.49. The minimum atomic E-state index is -0.845. The average molecular weight is 566 g/mol. The van der Waals surface area contributed by atoms with Gasteiger partial charge in [0.2, 0.25) is 0 Å². The smallest absolute Gasteiger partial charge is 0.336 e. The number of methoxy groups -OCH3 is 1. The molecular formula is C33H35N5O4. The second-order valence-corrected chi connectivity index (χ2v) is 9.97. The zero-order chi connectivity index (χ0) is 30.1. The standard InChI is InChI=1S/C33H35N5O4/c1-23-29(32(39)41-4)31(28-21-25(22-34)15-16-35-28)30(24(2)36-23)33(40)42-20-19-37(3)17-18-38(26-11-7-5-8-12-26)27-13-9-6-10-14-27/h5-16,21,31,36H,17-20H2,1-4H3. The first-order valence-corrected chi connectivity index (χ1v) is 13.7. The van der Waals surface area contributed by atoms with E-state index < -0.39 is 17.9 Å². The van der Waals surface area contributed by atoms with E-state index in [1.807, 2.05) is 43.4 Å². The molecule has 1 N–H and O–H groups in total. The highest BCUT2D eigenvalue weighted by atomic mass is 16.5. The average Bonchev–Trinajstić information content (AvgIpc) is 3.01. The molecule has 1 aromatic heterocycles. The van der Waals surface area contributed by atoms with Crippen LogP contribution >= 0.6 is 0 Å². The Kier molecular flexibility index (Phi) is 10.1. The lowest BCUT2D eigenvalue weighted by Gasteiger charge is -2.30. The molecule has 0 saturated heterocycles. The van der Waals surface area contributed by atoms with Crippen LogP contribution in [0.5, 0.6) is 0 Å². The summed E-state index contributed by atoms with van der Waals surface area (Å²) >= 11 is 0. The number of carbonyl (C=O) groups is 2. The van der Waals surface area contributed by atoms with E-state index in [2.05, 4.69) is 50.4 Å². The lowest BCUT2D eigenvalue weighted by atomic mass is 9.82. The third-order valence-corrected chi connectivity index (χ3v) is 7.14. The number of hydrogen-bond donors (Lipinski definition) is 1. The Morgan fingerprint density at radius 2 is 1.50 bits per heavy atom. The number of benzene rings is 2. The number of allylic oxidation sites excluding steroid dienone is 2. The predicted molar refractivity (Wildman–Crippen MR) is 161 cm³/mol. The molecule has 1 unspecified atom stereocenters. The highest BCUT2D eigenvalue weighted by molar-refractivity contribution is 5.99. The number of esters is 2. The van der Waals surface area contributed by atoms with Gasteiger partial charge in [-0.3, -0.25) is 4.98 Å². The molecule has 2 aromatic carbocycles. The number of dihydropyridines is 1. The van der Waals surface area contributed by atoms with Crippen molar-refractivity contribution >= 4 is 23.3 Å². The molecule has 3 aromatic rings. The van der Waals surface area contributed by atoms with Gasteiger partial charge in [-0.05, 0) is 57.3 Å². The van der Waals surface area contributed by atoms with Crippen LogP contribution in [0.3, 0.4) is 0 Å². The van der Waals surface area contributed by atoms with Gasteiger partial charge < -0.3 is 24.6 Å². The van der Waals surface area contributed by atoms with E-state index in [-0.39, 0.29) is 17.8 Å². The molecule has 1 atom stereocenters. The van der Waals surface area contributed by atoms with Crippen molar-refractivity contribution in [3.63, 3.8) is 0 Å². The van der Waals surface area contributed by atoms with Gasteiger partial charge >= 0.3 is 11.9 Å². The number of ether oxygens (including phenoxy) is 2. The van der Waals surface area contributed by atoms with Gasteiger partial charge in [0.25, 0.3) is 0 Å². The van der Waals surface area contributed by atoms with Crippen LogP contribution in [0.2, 0.25) is 0 Å². The number of rotatable bonds is 11. The van der Waals surface area contributed by atoms with E-state index >= 15 is 0 Å². The van der Waals surface area contributed by atoms with Crippen LogP contribution < -0.4 is 10.2 Å². The number of carbonyl (C=O) groups excluding carboxylic acids is 2. The number of anilines is 2. The molecule has 9 nitrogen and oxygen atoms in total. The van der Waals surface area contributed by atoms with Crippen LogP contribution in [-0.2, 0) is 19.1 Å².